The van der Waals surface area contributed by atoms with E-state index in [0.29, 0.717) is 31.4 Å². The van der Waals surface area contributed by atoms with Crippen LogP contribution in [0, 0.1) is 29.6 Å². The first-order chi connectivity index (χ1) is 17.2. The number of aromatic nitrogens is 1. The Morgan fingerprint density at radius 3 is 2.50 bits per heavy atom. The summed E-state index contributed by atoms with van der Waals surface area (Å²) < 4.78 is 38.4. The zero-order chi connectivity index (χ0) is 25.4. The molecule has 2 saturated carbocycles. The Bertz CT molecular complexity index is 1170. The Morgan fingerprint density at radius 1 is 1.14 bits per heavy atom. The molecule has 36 heavy (non-hydrogen) atoms. The third-order valence-electron chi connectivity index (χ3n) is 8.19. The number of nitrogens with one attached hydrogen (secondary N) is 1. The van der Waals surface area contributed by atoms with Crippen molar-refractivity contribution in [2.45, 2.75) is 31.5 Å². The Balaban J connectivity index is 1.12. The van der Waals surface area contributed by atoms with Gasteiger partial charge in [-0.05, 0) is 31.2 Å². The normalized spacial score (nSPS) is 32.6. The summed E-state index contributed by atoms with van der Waals surface area (Å²) in [5.41, 5.74) is -0.596. The molecule has 4 heterocycles. The number of hydrogen-bond acceptors (Lipinski definition) is 7. The number of anilines is 1. The smallest absolute Gasteiger partial charge is 0.391 e. The Hall–Kier alpha value is -2.89. The molecule has 4 fully saturated rings. The highest BCUT2D eigenvalue weighted by Crippen LogP contribution is 2.61. The van der Waals surface area contributed by atoms with Gasteiger partial charge < -0.3 is 15.1 Å². The standard InChI is InChI=1S/C23H23ClF3N5O4/c24-13-7-10(23(25,26)27)9-29-19(13)28-3-6-32-20(33)14-11-8-12(15(14)21(32)34)18-16(11)17(30-36-18)22(35)31-4-1-2-5-31/h7,9,11-12,14-16,18H,1-6,8H2,(H,28,29)/t11-,12+,14+,15-,16-,18-/m1/s1. The van der Waals surface area contributed by atoms with Crippen LogP contribution >= 0.6 is 11.6 Å². The first-order valence-corrected chi connectivity index (χ1v) is 12.4. The van der Waals surface area contributed by atoms with Gasteiger partial charge in [0.05, 0.1) is 28.3 Å². The van der Waals surface area contributed by atoms with Crippen molar-refractivity contribution in [1.82, 2.24) is 14.8 Å². The maximum Gasteiger partial charge on any atom is 0.417 e. The van der Waals surface area contributed by atoms with Crippen LogP contribution < -0.4 is 5.32 Å². The van der Waals surface area contributed by atoms with E-state index < -0.39 is 23.6 Å². The highest BCUT2D eigenvalue weighted by atomic mass is 35.5. The fraction of sp³-hybridized carbons (Fsp3) is 0.609. The number of hydrogen-bond donors (Lipinski definition) is 1. The predicted molar refractivity (Wildman–Crippen MR) is 120 cm³/mol. The van der Waals surface area contributed by atoms with E-state index in [1.807, 2.05) is 0 Å². The maximum absolute atomic E-state index is 13.3. The second-order valence-corrected chi connectivity index (χ2v) is 10.4. The van der Waals surface area contributed by atoms with Gasteiger partial charge in [-0.15, -0.1) is 0 Å². The highest BCUT2D eigenvalue weighted by Gasteiger charge is 2.70. The van der Waals surface area contributed by atoms with Crippen molar-refractivity contribution in [1.29, 1.82) is 0 Å². The van der Waals surface area contributed by atoms with Crippen molar-refractivity contribution in [3.63, 3.8) is 0 Å². The number of fused-ring (bicyclic) bond motifs is 8. The number of imide groups is 1. The van der Waals surface area contributed by atoms with E-state index >= 15 is 0 Å². The molecule has 0 aromatic carbocycles. The summed E-state index contributed by atoms with van der Waals surface area (Å²) in [6.07, 6.45) is -1.72. The minimum atomic E-state index is -4.56. The van der Waals surface area contributed by atoms with E-state index in [4.69, 9.17) is 16.4 Å². The zero-order valence-corrected chi connectivity index (χ0v) is 19.8. The molecule has 5 aliphatic rings. The van der Waals surface area contributed by atoms with E-state index in [1.165, 1.54) is 4.90 Å². The summed E-state index contributed by atoms with van der Waals surface area (Å²) in [6.45, 7) is 1.47. The van der Waals surface area contributed by atoms with Gasteiger partial charge in [-0.2, -0.15) is 13.2 Å². The van der Waals surface area contributed by atoms with Gasteiger partial charge in [0.2, 0.25) is 11.8 Å². The van der Waals surface area contributed by atoms with Crippen molar-refractivity contribution >= 4 is 40.9 Å². The van der Waals surface area contributed by atoms with Crippen molar-refractivity contribution in [3.8, 4) is 0 Å². The monoisotopic (exact) mass is 525 g/mol. The largest absolute Gasteiger partial charge is 0.417 e. The summed E-state index contributed by atoms with van der Waals surface area (Å²) in [5.74, 6) is -2.35. The van der Waals surface area contributed by atoms with Gasteiger partial charge in [0.25, 0.3) is 5.91 Å². The molecule has 3 aliphatic heterocycles. The van der Waals surface area contributed by atoms with E-state index in [9.17, 15) is 27.6 Å². The molecule has 13 heteroatoms. The summed E-state index contributed by atoms with van der Waals surface area (Å²) in [6, 6.07) is 0.770. The third kappa shape index (κ3) is 3.47. The second-order valence-electron chi connectivity index (χ2n) is 9.99. The quantitative estimate of drug-likeness (QED) is 0.592. The van der Waals surface area contributed by atoms with E-state index in [1.54, 1.807) is 4.90 Å². The Kier molecular flexibility index (Phi) is 5.43. The molecular formula is C23H23ClF3N5O4. The van der Waals surface area contributed by atoms with Gasteiger partial charge >= 0.3 is 6.18 Å². The second kappa shape index (κ2) is 8.32. The number of carbonyl (C=O) groups excluding carboxylic acids is 3. The topological polar surface area (TPSA) is 104 Å². The summed E-state index contributed by atoms with van der Waals surface area (Å²) in [5, 5.41) is 6.70. The highest BCUT2D eigenvalue weighted by molar-refractivity contribution is 6.40. The number of oxime groups is 1. The van der Waals surface area contributed by atoms with Gasteiger partial charge in [0.15, 0.2) is 5.71 Å². The number of nitrogens with zero attached hydrogens (tertiary/aromatic N) is 4. The SMILES string of the molecule is O=C(C1=NO[C@@H]2[C@H]3C[C@@H]([C@H]12)[C@@H]1C(=O)N(CCNc2ncc(C(F)(F)F)cc2Cl)C(=O)[C@H]31)N1CCCC1. The molecule has 192 valence electrons. The van der Waals surface area contributed by atoms with Crippen molar-refractivity contribution in [2.24, 2.45) is 34.7 Å². The van der Waals surface area contributed by atoms with E-state index in [2.05, 4.69) is 15.5 Å². The first kappa shape index (κ1) is 23.5. The molecule has 6 atom stereocenters. The van der Waals surface area contributed by atoms with Crippen LogP contribution in [0.1, 0.15) is 24.8 Å². The van der Waals surface area contributed by atoms with Crippen molar-refractivity contribution in [2.75, 3.05) is 31.5 Å². The lowest BCUT2D eigenvalue weighted by atomic mass is 9.72. The molecule has 2 saturated heterocycles. The van der Waals surface area contributed by atoms with Gasteiger partial charge in [0.1, 0.15) is 11.9 Å². The molecule has 3 amide bonds. The Morgan fingerprint density at radius 2 is 1.83 bits per heavy atom. The number of alkyl halides is 3. The lowest BCUT2D eigenvalue weighted by Gasteiger charge is -2.30. The molecule has 2 bridgehead atoms. The number of pyridine rings is 1. The van der Waals surface area contributed by atoms with Gasteiger partial charge in [-0.25, -0.2) is 4.98 Å². The van der Waals surface area contributed by atoms with Crippen molar-refractivity contribution < 1.29 is 32.4 Å². The first-order valence-electron chi connectivity index (χ1n) is 12.0. The lowest BCUT2D eigenvalue weighted by molar-refractivity contribution is -0.141. The molecule has 6 rings (SSSR count). The third-order valence-corrected chi connectivity index (χ3v) is 8.48. The van der Waals surface area contributed by atoms with Crippen LogP contribution in [0.15, 0.2) is 17.4 Å². The summed E-state index contributed by atoms with van der Waals surface area (Å²) >= 11 is 5.92. The van der Waals surface area contributed by atoms with Crippen LogP contribution in [0.4, 0.5) is 19.0 Å². The molecule has 0 unspecified atom stereocenters. The van der Waals surface area contributed by atoms with Crippen LogP contribution in [0.2, 0.25) is 5.02 Å². The van der Waals surface area contributed by atoms with Gasteiger partial charge in [0, 0.05) is 38.3 Å². The molecular weight excluding hydrogens is 503 g/mol. The minimum Gasteiger partial charge on any atom is -0.391 e. The predicted octanol–water partition coefficient (Wildman–Crippen LogP) is 2.41. The summed E-state index contributed by atoms with van der Waals surface area (Å²) in [4.78, 5) is 51.9. The van der Waals surface area contributed by atoms with E-state index in [0.717, 1.165) is 18.9 Å². The van der Waals surface area contributed by atoms with Crippen LogP contribution in [0.25, 0.3) is 0 Å². The van der Waals surface area contributed by atoms with Crippen LogP contribution in [-0.4, -0.2) is 70.5 Å². The number of carbonyl (C=O) groups is 3. The number of halogens is 4. The average molecular weight is 526 g/mol. The molecule has 1 N–H and O–H groups in total. The Labute approximate surface area is 209 Å². The molecule has 1 aromatic heterocycles. The van der Waals surface area contributed by atoms with Gasteiger partial charge in [-0.3, -0.25) is 19.3 Å². The molecule has 0 radical (unpaired) electrons. The summed E-state index contributed by atoms with van der Waals surface area (Å²) in [7, 11) is 0. The molecule has 0 spiro atoms. The average Bonchev–Trinajstić information content (AvgIpc) is 3.63. The molecule has 2 aliphatic carbocycles. The number of amides is 3. The maximum atomic E-state index is 13.3. The van der Waals surface area contributed by atoms with Gasteiger partial charge in [-0.1, -0.05) is 16.8 Å². The zero-order valence-electron chi connectivity index (χ0n) is 19.0. The fourth-order valence-corrected chi connectivity index (χ4v) is 6.91. The van der Waals surface area contributed by atoms with E-state index in [-0.39, 0.29) is 65.5 Å². The van der Waals surface area contributed by atoms with Crippen LogP contribution in [0.3, 0.4) is 0 Å². The number of rotatable bonds is 5. The number of likely N-dealkylation sites (tertiary alicyclic amines) is 2. The van der Waals surface area contributed by atoms with Crippen LogP contribution in [0.5, 0.6) is 0 Å². The minimum absolute atomic E-state index is 0.0208. The van der Waals surface area contributed by atoms with Crippen LogP contribution in [-0.2, 0) is 25.4 Å². The lowest BCUT2D eigenvalue weighted by Crippen LogP contribution is -2.45. The molecule has 1 aromatic rings. The fourth-order valence-electron chi connectivity index (χ4n) is 6.67. The molecule has 9 nitrogen and oxygen atoms in total. The van der Waals surface area contributed by atoms with Crippen molar-refractivity contribution in [3.05, 3.63) is 22.8 Å².